The number of ether oxygens (including phenoxy) is 2. The minimum Gasteiger partial charge on any atom is -0.497 e. The first-order valence-electron chi connectivity index (χ1n) is 9.62. The molecule has 6 heteroatoms. The van der Waals surface area contributed by atoms with Gasteiger partial charge in [0.2, 0.25) is 5.76 Å². The van der Waals surface area contributed by atoms with Crippen LogP contribution in [0.3, 0.4) is 0 Å². The van der Waals surface area contributed by atoms with Gasteiger partial charge in [-0.25, -0.2) is 4.79 Å². The molecule has 29 heavy (non-hydrogen) atoms. The van der Waals surface area contributed by atoms with Crippen LogP contribution in [-0.4, -0.2) is 25.6 Å². The van der Waals surface area contributed by atoms with E-state index >= 15 is 0 Å². The standard InChI is InChI=1S/C23H25NO5/c1-4-8-19(16-9-6-5-7-10-16)24-21(25)14-28-23(26)22-15(2)18-13-17(27-3)11-12-20(18)29-22/h5-7,9-13,19H,4,8,14H2,1-3H3,(H,24,25)/t19-/m1/s1. The summed E-state index contributed by atoms with van der Waals surface area (Å²) in [6.07, 6.45) is 1.72. The summed E-state index contributed by atoms with van der Waals surface area (Å²) in [5.74, 6) is -0.256. The lowest BCUT2D eigenvalue weighted by atomic mass is 10.0. The second-order valence-electron chi connectivity index (χ2n) is 6.81. The topological polar surface area (TPSA) is 77.8 Å². The van der Waals surface area contributed by atoms with Crippen LogP contribution in [-0.2, 0) is 9.53 Å². The van der Waals surface area contributed by atoms with Gasteiger partial charge in [0.1, 0.15) is 11.3 Å². The van der Waals surface area contributed by atoms with Gasteiger partial charge < -0.3 is 19.2 Å². The van der Waals surface area contributed by atoms with Crippen molar-refractivity contribution in [1.82, 2.24) is 5.32 Å². The summed E-state index contributed by atoms with van der Waals surface area (Å²) in [6.45, 7) is 3.46. The Kier molecular flexibility index (Phi) is 6.54. The maximum Gasteiger partial charge on any atom is 0.375 e. The van der Waals surface area contributed by atoms with Crippen molar-refractivity contribution in [3.8, 4) is 5.75 Å². The second-order valence-corrected chi connectivity index (χ2v) is 6.81. The molecule has 0 saturated carbocycles. The van der Waals surface area contributed by atoms with Crippen molar-refractivity contribution in [2.75, 3.05) is 13.7 Å². The van der Waals surface area contributed by atoms with E-state index < -0.39 is 5.97 Å². The monoisotopic (exact) mass is 395 g/mol. The van der Waals surface area contributed by atoms with E-state index in [1.165, 1.54) is 0 Å². The number of nitrogens with one attached hydrogen (secondary N) is 1. The van der Waals surface area contributed by atoms with E-state index in [1.807, 2.05) is 30.3 Å². The molecule has 2 aromatic carbocycles. The van der Waals surface area contributed by atoms with E-state index in [0.29, 0.717) is 16.9 Å². The molecule has 6 nitrogen and oxygen atoms in total. The van der Waals surface area contributed by atoms with Crippen molar-refractivity contribution < 1.29 is 23.5 Å². The van der Waals surface area contributed by atoms with Gasteiger partial charge in [0.05, 0.1) is 13.2 Å². The molecule has 0 radical (unpaired) electrons. The molecule has 0 unspecified atom stereocenters. The van der Waals surface area contributed by atoms with Crippen LogP contribution < -0.4 is 10.1 Å². The van der Waals surface area contributed by atoms with Gasteiger partial charge in [-0.3, -0.25) is 4.79 Å². The zero-order valence-electron chi connectivity index (χ0n) is 16.9. The highest BCUT2D eigenvalue weighted by Crippen LogP contribution is 2.29. The number of carbonyl (C=O) groups is 2. The Morgan fingerprint density at radius 1 is 1.14 bits per heavy atom. The first-order chi connectivity index (χ1) is 14.0. The van der Waals surface area contributed by atoms with E-state index in [1.54, 1.807) is 32.2 Å². The van der Waals surface area contributed by atoms with Crippen LogP contribution in [0.2, 0.25) is 0 Å². The van der Waals surface area contributed by atoms with E-state index in [0.717, 1.165) is 23.8 Å². The Morgan fingerprint density at radius 3 is 2.59 bits per heavy atom. The number of carbonyl (C=O) groups excluding carboxylic acids is 2. The molecular weight excluding hydrogens is 370 g/mol. The third-order valence-electron chi connectivity index (χ3n) is 4.78. The molecule has 1 atom stereocenters. The van der Waals surface area contributed by atoms with Gasteiger partial charge >= 0.3 is 5.97 Å². The van der Waals surface area contributed by atoms with Gasteiger partial charge in [0.25, 0.3) is 5.91 Å². The van der Waals surface area contributed by atoms with Crippen LogP contribution in [0.25, 0.3) is 11.0 Å². The average Bonchev–Trinajstić information content (AvgIpc) is 3.08. The van der Waals surface area contributed by atoms with E-state index in [2.05, 4.69) is 12.2 Å². The minimum absolute atomic E-state index is 0.0919. The van der Waals surface area contributed by atoms with Crippen molar-refractivity contribution in [1.29, 1.82) is 0 Å². The second kappa shape index (κ2) is 9.28. The van der Waals surface area contributed by atoms with Crippen LogP contribution in [0.4, 0.5) is 0 Å². The lowest BCUT2D eigenvalue weighted by Gasteiger charge is -2.18. The lowest BCUT2D eigenvalue weighted by molar-refractivity contribution is -0.125. The zero-order valence-corrected chi connectivity index (χ0v) is 16.9. The summed E-state index contributed by atoms with van der Waals surface area (Å²) >= 11 is 0. The summed E-state index contributed by atoms with van der Waals surface area (Å²) in [5.41, 5.74) is 2.24. The number of fused-ring (bicyclic) bond motifs is 1. The predicted octanol–water partition coefficient (Wildman–Crippen LogP) is 4.56. The third kappa shape index (κ3) is 4.77. The van der Waals surface area contributed by atoms with Crippen LogP contribution >= 0.6 is 0 Å². The fourth-order valence-electron chi connectivity index (χ4n) is 3.25. The van der Waals surface area contributed by atoms with Crippen molar-refractivity contribution in [3.05, 3.63) is 65.4 Å². The van der Waals surface area contributed by atoms with E-state index in [9.17, 15) is 9.59 Å². The summed E-state index contributed by atoms with van der Waals surface area (Å²) in [6, 6.07) is 14.9. The van der Waals surface area contributed by atoms with Crippen LogP contribution in [0, 0.1) is 6.92 Å². The lowest BCUT2D eigenvalue weighted by Crippen LogP contribution is -2.32. The average molecular weight is 395 g/mol. The van der Waals surface area contributed by atoms with Crippen LogP contribution in [0.15, 0.2) is 52.9 Å². The highest BCUT2D eigenvalue weighted by Gasteiger charge is 2.21. The summed E-state index contributed by atoms with van der Waals surface area (Å²) in [5, 5.41) is 3.71. The van der Waals surface area contributed by atoms with Crippen LogP contribution in [0.1, 0.15) is 47.5 Å². The molecular formula is C23H25NO5. The Morgan fingerprint density at radius 2 is 1.90 bits per heavy atom. The molecule has 0 saturated heterocycles. The molecule has 0 fully saturated rings. The number of methoxy groups -OCH3 is 1. The maximum absolute atomic E-state index is 12.4. The van der Waals surface area contributed by atoms with Gasteiger partial charge in [0.15, 0.2) is 6.61 Å². The molecule has 1 N–H and O–H groups in total. The molecule has 1 aromatic heterocycles. The Hall–Kier alpha value is -3.28. The summed E-state index contributed by atoms with van der Waals surface area (Å²) < 4.78 is 16.0. The molecule has 1 heterocycles. The van der Waals surface area contributed by atoms with Crippen molar-refractivity contribution >= 4 is 22.8 Å². The van der Waals surface area contributed by atoms with E-state index in [4.69, 9.17) is 13.9 Å². The number of benzene rings is 2. The quantitative estimate of drug-likeness (QED) is 0.566. The highest BCUT2D eigenvalue weighted by atomic mass is 16.5. The molecule has 0 aliphatic carbocycles. The first-order valence-corrected chi connectivity index (χ1v) is 9.62. The summed E-state index contributed by atoms with van der Waals surface area (Å²) in [7, 11) is 1.58. The van der Waals surface area contributed by atoms with Gasteiger partial charge in [-0.2, -0.15) is 0 Å². The first kappa shape index (κ1) is 20.5. The Bertz CT molecular complexity index is 993. The fraction of sp³-hybridized carbons (Fsp3) is 0.304. The molecule has 3 aromatic rings. The molecule has 0 bridgehead atoms. The molecule has 0 aliphatic rings. The number of aryl methyl sites for hydroxylation is 1. The van der Waals surface area contributed by atoms with Gasteiger partial charge in [-0.05, 0) is 37.1 Å². The van der Waals surface area contributed by atoms with Gasteiger partial charge in [-0.1, -0.05) is 43.7 Å². The number of amides is 1. The van der Waals surface area contributed by atoms with Gasteiger partial charge in [0, 0.05) is 10.9 Å². The maximum atomic E-state index is 12.4. The normalized spacial score (nSPS) is 11.8. The zero-order chi connectivity index (χ0) is 20.8. The third-order valence-corrected chi connectivity index (χ3v) is 4.78. The Balaban J connectivity index is 1.64. The minimum atomic E-state index is -0.667. The molecule has 0 aliphatic heterocycles. The molecule has 3 rings (SSSR count). The van der Waals surface area contributed by atoms with Crippen molar-refractivity contribution in [3.63, 3.8) is 0 Å². The van der Waals surface area contributed by atoms with E-state index in [-0.39, 0.29) is 24.3 Å². The number of hydrogen-bond donors (Lipinski definition) is 1. The SMILES string of the molecule is CCC[C@@H](NC(=O)COC(=O)c1oc2ccc(OC)cc2c1C)c1ccccc1. The largest absolute Gasteiger partial charge is 0.497 e. The molecule has 0 spiro atoms. The highest BCUT2D eigenvalue weighted by molar-refractivity contribution is 5.97. The number of hydrogen-bond acceptors (Lipinski definition) is 5. The van der Waals surface area contributed by atoms with Crippen molar-refractivity contribution in [2.24, 2.45) is 0 Å². The Labute approximate surface area is 169 Å². The van der Waals surface area contributed by atoms with Crippen LogP contribution in [0.5, 0.6) is 5.75 Å². The fourth-order valence-corrected chi connectivity index (χ4v) is 3.25. The molecule has 1 amide bonds. The van der Waals surface area contributed by atoms with Crippen molar-refractivity contribution in [2.45, 2.75) is 32.7 Å². The summed E-state index contributed by atoms with van der Waals surface area (Å²) in [4.78, 5) is 24.8. The number of rotatable bonds is 8. The smallest absolute Gasteiger partial charge is 0.375 e. The predicted molar refractivity (Wildman–Crippen MR) is 110 cm³/mol. The number of furan rings is 1. The van der Waals surface area contributed by atoms with Gasteiger partial charge in [-0.15, -0.1) is 0 Å². The molecule has 152 valence electrons. The number of esters is 1.